The van der Waals surface area contributed by atoms with Crippen molar-refractivity contribution in [2.45, 2.75) is 19.9 Å². The number of ether oxygens (including phenoxy) is 1. The minimum absolute atomic E-state index is 0.159. The minimum Gasteiger partial charge on any atom is -0.497 e. The quantitative estimate of drug-likeness (QED) is 0.742. The first-order chi connectivity index (χ1) is 12.5. The zero-order valence-electron chi connectivity index (χ0n) is 14.9. The van der Waals surface area contributed by atoms with E-state index in [1.54, 1.807) is 12.5 Å². The first-order valence-electron chi connectivity index (χ1n) is 8.17. The van der Waals surface area contributed by atoms with Gasteiger partial charge in [-0.2, -0.15) is 0 Å². The number of nitrogens with zero attached hydrogens (tertiary/aromatic N) is 3. The summed E-state index contributed by atoms with van der Waals surface area (Å²) in [5, 5.41) is 2.55. The number of thiazole rings is 1. The molecule has 0 saturated heterocycles. The van der Waals surface area contributed by atoms with Gasteiger partial charge in [-0.3, -0.25) is 13.9 Å². The third-order valence-corrected chi connectivity index (χ3v) is 5.02. The van der Waals surface area contributed by atoms with Crippen molar-refractivity contribution in [2.24, 2.45) is 7.05 Å². The van der Waals surface area contributed by atoms with Gasteiger partial charge in [-0.1, -0.05) is 6.92 Å². The lowest BCUT2D eigenvalue weighted by atomic mass is 10.2. The molecule has 2 heterocycles. The number of hydrogen-bond acceptors (Lipinski definition) is 6. The number of aromatic nitrogens is 3. The van der Waals surface area contributed by atoms with Crippen LogP contribution >= 0.6 is 11.3 Å². The van der Waals surface area contributed by atoms with Crippen molar-refractivity contribution in [2.75, 3.05) is 12.8 Å². The Balaban J connectivity index is 2.12. The van der Waals surface area contributed by atoms with Crippen molar-refractivity contribution in [3.63, 3.8) is 0 Å². The summed E-state index contributed by atoms with van der Waals surface area (Å²) in [5.41, 5.74) is 6.96. The summed E-state index contributed by atoms with van der Waals surface area (Å²) in [6.07, 6.45) is 0.732. The van der Waals surface area contributed by atoms with Crippen LogP contribution in [0.1, 0.15) is 13.3 Å². The predicted molar refractivity (Wildman–Crippen MR) is 104 cm³/mol. The topological polar surface area (TPSA) is 92.1 Å². The average Bonchev–Trinajstić information content (AvgIpc) is 3.13. The molecule has 0 aliphatic rings. The second-order valence-electron chi connectivity index (χ2n) is 5.83. The van der Waals surface area contributed by atoms with Gasteiger partial charge in [-0.15, -0.1) is 11.3 Å². The van der Waals surface area contributed by atoms with E-state index in [4.69, 9.17) is 10.5 Å². The van der Waals surface area contributed by atoms with Gasteiger partial charge in [0.2, 0.25) is 0 Å². The summed E-state index contributed by atoms with van der Waals surface area (Å²) < 4.78 is 7.66. The normalized spacial score (nSPS) is 10.9. The number of nitrogen functional groups attached to an aromatic ring is 1. The van der Waals surface area contributed by atoms with Crippen LogP contribution in [0.3, 0.4) is 0 Å². The summed E-state index contributed by atoms with van der Waals surface area (Å²) >= 11 is 1.41. The molecule has 0 bridgehead atoms. The van der Waals surface area contributed by atoms with E-state index in [2.05, 4.69) is 4.98 Å². The van der Waals surface area contributed by atoms with Gasteiger partial charge in [0.1, 0.15) is 22.1 Å². The molecule has 2 N–H and O–H groups in total. The SMILES string of the molecule is CCCn1c(N)c(-c2csc(-c3ccc(OC)cc3)n2)c(=O)n(C)c1=O. The van der Waals surface area contributed by atoms with E-state index >= 15 is 0 Å². The van der Waals surface area contributed by atoms with Gasteiger partial charge in [0.15, 0.2) is 0 Å². The lowest BCUT2D eigenvalue weighted by Crippen LogP contribution is -2.40. The summed E-state index contributed by atoms with van der Waals surface area (Å²) in [7, 11) is 3.07. The van der Waals surface area contributed by atoms with Crippen LogP contribution < -0.4 is 21.7 Å². The fourth-order valence-electron chi connectivity index (χ4n) is 2.72. The van der Waals surface area contributed by atoms with Crippen molar-refractivity contribution in [3.05, 3.63) is 50.5 Å². The molecule has 3 rings (SSSR count). The maximum Gasteiger partial charge on any atom is 0.332 e. The van der Waals surface area contributed by atoms with E-state index in [0.717, 1.165) is 27.3 Å². The fourth-order valence-corrected chi connectivity index (χ4v) is 3.54. The zero-order valence-corrected chi connectivity index (χ0v) is 15.7. The summed E-state index contributed by atoms with van der Waals surface area (Å²) in [6.45, 7) is 2.39. The number of nitrogens with two attached hydrogens (primary N) is 1. The standard InChI is InChI=1S/C18H20N4O3S/c1-4-9-22-15(19)14(17(23)21(2)18(22)24)13-10-26-16(20-13)11-5-7-12(25-3)8-6-11/h5-8,10H,4,9,19H2,1-3H3. The predicted octanol–water partition coefficient (Wildman–Crippen LogP) is 2.34. The second kappa shape index (κ2) is 7.17. The van der Waals surface area contributed by atoms with Crippen LogP contribution in [0, 0.1) is 0 Å². The van der Waals surface area contributed by atoms with Crippen LogP contribution in [0.5, 0.6) is 5.75 Å². The van der Waals surface area contributed by atoms with E-state index in [1.807, 2.05) is 31.2 Å². The summed E-state index contributed by atoms with van der Waals surface area (Å²) in [6, 6.07) is 7.51. The highest BCUT2D eigenvalue weighted by molar-refractivity contribution is 7.13. The molecule has 136 valence electrons. The number of rotatable bonds is 5. The fraction of sp³-hybridized carbons (Fsp3) is 0.278. The monoisotopic (exact) mass is 372 g/mol. The molecule has 0 radical (unpaired) electrons. The van der Waals surface area contributed by atoms with E-state index < -0.39 is 11.2 Å². The van der Waals surface area contributed by atoms with Crippen LogP contribution in [0.15, 0.2) is 39.2 Å². The average molecular weight is 372 g/mol. The van der Waals surface area contributed by atoms with Gasteiger partial charge in [0.05, 0.1) is 12.8 Å². The maximum absolute atomic E-state index is 12.6. The molecule has 0 amide bonds. The van der Waals surface area contributed by atoms with Crippen molar-refractivity contribution in [1.29, 1.82) is 0 Å². The summed E-state index contributed by atoms with van der Waals surface area (Å²) in [4.78, 5) is 29.5. The molecular formula is C18H20N4O3S. The molecular weight excluding hydrogens is 352 g/mol. The molecule has 0 aliphatic heterocycles. The van der Waals surface area contributed by atoms with Crippen LogP contribution in [-0.2, 0) is 13.6 Å². The van der Waals surface area contributed by atoms with Crippen molar-refractivity contribution in [1.82, 2.24) is 14.1 Å². The molecule has 0 unspecified atom stereocenters. The molecule has 8 heteroatoms. The van der Waals surface area contributed by atoms with Crippen LogP contribution in [0.25, 0.3) is 21.8 Å². The van der Waals surface area contributed by atoms with Crippen molar-refractivity contribution in [3.8, 4) is 27.6 Å². The Morgan fingerprint density at radius 1 is 1.23 bits per heavy atom. The third kappa shape index (κ3) is 3.03. The van der Waals surface area contributed by atoms with E-state index in [9.17, 15) is 9.59 Å². The van der Waals surface area contributed by atoms with E-state index in [0.29, 0.717) is 12.2 Å². The zero-order chi connectivity index (χ0) is 18.8. The van der Waals surface area contributed by atoms with Crippen molar-refractivity contribution >= 4 is 17.2 Å². The lowest BCUT2D eigenvalue weighted by molar-refractivity contribution is 0.415. The molecule has 0 spiro atoms. The first-order valence-corrected chi connectivity index (χ1v) is 9.05. The van der Waals surface area contributed by atoms with Gasteiger partial charge in [0, 0.05) is 24.5 Å². The van der Waals surface area contributed by atoms with Gasteiger partial charge in [0.25, 0.3) is 5.56 Å². The Labute approximate surface area is 154 Å². The number of hydrogen-bond donors (Lipinski definition) is 1. The first kappa shape index (κ1) is 17.9. The Bertz CT molecular complexity index is 1050. The van der Waals surface area contributed by atoms with E-state index in [1.165, 1.54) is 23.0 Å². The molecule has 0 aliphatic carbocycles. The smallest absolute Gasteiger partial charge is 0.332 e. The molecule has 0 atom stereocenters. The lowest BCUT2D eigenvalue weighted by Gasteiger charge is -2.13. The van der Waals surface area contributed by atoms with Gasteiger partial charge in [-0.05, 0) is 30.7 Å². The highest BCUT2D eigenvalue weighted by atomic mass is 32.1. The van der Waals surface area contributed by atoms with Gasteiger partial charge < -0.3 is 10.5 Å². The maximum atomic E-state index is 12.6. The van der Waals surface area contributed by atoms with Crippen LogP contribution in [0.4, 0.5) is 5.82 Å². The number of benzene rings is 1. The molecule has 26 heavy (non-hydrogen) atoms. The number of anilines is 1. The molecule has 7 nitrogen and oxygen atoms in total. The molecule has 2 aromatic heterocycles. The largest absolute Gasteiger partial charge is 0.497 e. The molecule has 1 aromatic carbocycles. The van der Waals surface area contributed by atoms with Gasteiger partial charge in [-0.25, -0.2) is 9.78 Å². The second-order valence-corrected chi connectivity index (χ2v) is 6.68. The Hall–Kier alpha value is -2.87. The van der Waals surface area contributed by atoms with Crippen LogP contribution in [-0.4, -0.2) is 21.2 Å². The summed E-state index contributed by atoms with van der Waals surface area (Å²) in [5.74, 6) is 0.918. The minimum atomic E-state index is -0.438. The Kier molecular flexibility index (Phi) is 4.94. The molecule has 0 saturated carbocycles. The Morgan fingerprint density at radius 2 is 1.92 bits per heavy atom. The highest BCUT2D eigenvalue weighted by Gasteiger charge is 2.19. The Morgan fingerprint density at radius 3 is 2.54 bits per heavy atom. The highest BCUT2D eigenvalue weighted by Crippen LogP contribution is 2.30. The van der Waals surface area contributed by atoms with Gasteiger partial charge >= 0.3 is 5.69 Å². The van der Waals surface area contributed by atoms with E-state index in [-0.39, 0.29) is 11.4 Å². The van der Waals surface area contributed by atoms with Crippen molar-refractivity contribution < 1.29 is 4.74 Å². The number of methoxy groups -OCH3 is 1. The molecule has 3 aromatic rings. The van der Waals surface area contributed by atoms with Crippen LogP contribution in [0.2, 0.25) is 0 Å². The molecule has 0 fully saturated rings. The third-order valence-electron chi connectivity index (χ3n) is 4.13.